The molecule has 15 heavy (non-hydrogen) atoms. The summed E-state index contributed by atoms with van der Waals surface area (Å²) in [5.74, 6) is -0.0409. The Kier molecular flexibility index (Phi) is 5.28. The van der Waals surface area contributed by atoms with Crippen LogP contribution in [-0.2, 0) is 4.74 Å². The summed E-state index contributed by atoms with van der Waals surface area (Å²) in [4.78, 5) is 11.7. The SMILES string of the molecule is CCC(COC)NC(=O)c1csc(Br)c1. The molecule has 0 radical (unpaired) electrons. The van der Waals surface area contributed by atoms with E-state index >= 15 is 0 Å². The molecule has 5 heteroatoms. The Morgan fingerprint density at radius 3 is 2.93 bits per heavy atom. The number of amides is 1. The van der Waals surface area contributed by atoms with Crippen molar-refractivity contribution < 1.29 is 9.53 Å². The second-order valence-electron chi connectivity index (χ2n) is 3.17. The van der Waals surface area contributed by atoms with Gasteiger partial charge in [-0.25, -0.2) is 0 Å². The summed E-state index contributed by atoms with van der Waals surface area (Å²) in [7, 11) is 1.63. The maximum atomic E-state index is 11.7. The van der Waals surface area contributed by atoms with E-state index in [2.05, 4.69) is 21.2 Å². The lowest BCUT2D eigenvalue weighted by Crippen LogP contribution is -2.37. The molecule has 0 saturated carbocycles. The molecule has 0 saturated heterocycles. The summed E-state index contributed by atoms with van der Waals surface area (Å²) in [6, 6.07) is 1.90. The Morgan fingerprint density at radius 1 is 1.73 bits per heavy atom. The van der Waals surface area contributed by atoms with Crippen LogP contribution in [0.2, 0.25) is 0 Å². The van der Waals surface area contributed by atoms with Crippen LogP contribution in [0.5, 0.6) is 0 Å². The molecule has 1 rings (SSSR count). The van der Waals surface area contributed by atoms with E-state index in [-0.39, 0.29) is 11.9 Å². The average Bonchev–Trinajstić information content (AvgIpc) is 2.64. The van der Waals surface area contributed by atoms with Crippen LogP contribution >= 0.6 is 27.3 Å². The molecule has 0 spiro atoms. The molecule has 1 heterocycles. The molecule has 0 fully saturated rings. The Morgan fingerprint density at radius 2 is 2.47 bits per heavy atom. The van der Waals surface area contributed by atoms with Crippen LogP contribution in [0, 0.1) is 0 Å². The number of carbonyl (C=O) groups excluding carboxylic acids is 1. The molecule has 1 aromatic heterocycles. The van der Waals surface area contributed by atoms with Crippen molar-refractivity contribution in [3.63, 3.8) is 0 Å². The Balaban J connectivity index is 2.54. The van der Waals surface area contributed by atoms with E-state index in [1.807, 2.05) is 18.4 Å². The number of thiophene rings is 1. The lowest BCUT2D eigenvalue weighted by Gasteiger charge is -2.15. The summed E-state index contributed by atoms with van der Waals surface area (Å²) in [6.07, 6.45) is 0.866. The molecule has 0 aliphatic heterocycles. The third kappa shape index (κ3) is 3.93. The largest absolute Gasteiger partial charge is 0.383 e. The van der Waals surface area contributed by atoms with Gasteiger partial charge in [0.2, 0.25) is 0 Å². The summed E-state index contributed by atoms with van der Waals surface area (Å²) in [5.41, 5.74) is 0.696. The second-order valence-corrected chi connectivity index (χ2v) is 5.46. The summed E-state index contributed by atoms with van der Waals surface area (Å²) in [5, 5.41) is 4.75. The van der Waals surface area contributed by atoms with Crippen molar-refractivity contribution in [2.45, 2.75) is 19.4 Å². The monoisotopic (exact) mass is 291 g/mol. The molecule has 1 atom stereocenters. The quantitative estimate of drug-likeness (QED) is 0.906. The topological polar surface area (TPSA) is 38.3 Å². The van der Waals surface area contributed by atoms with Gasteiger partial charge < -0.3 is 10.1 Å². The van der Waals surface area contributed by atoms with Gasteiger partial charge in [0, 0.05) is 12.5 Å². The Bertz CT molecular complexity index is 327. The number of rotatable bonds is 5. The number of hydrogen-bond acceptors (Lipinski definition) is 3. The highest BCUT2D eigenvalue weighted by molar-refractivity contribution is 9.11. The van der Waals surface area contributed by atoms with Crippen molar-refractivity contribution in [1.29, 1.82) is 0 Å². The second kappa shape index (κ2) is 6.25. The molecule has 0 aliphatic rings. The van der Waals surface area contributed by atoms with Crippen molar-refractivity contribution in [3.8, 4) is 0 Å². The van der Waals surface area contributed by atoms with Gasteiger partial charge in [-0.3, -0.25) is 4.79 Å². The van der Waals surface area contributed by atoms with E-state index in [0.717, 1.165) is 10.2 Å². The molecule has 0 aliphatic carbocycles. The van der Waals surface area contributed by atoms with Crippen molar-refractivity contribution in [2.24, 2.45) is 0 Å². The van der Waals surface area contributed by atoms with Crippen LogP contribution in [0.15, 0.2) is 15.2 Å². The fourth-order valence-electron chi connectivity index (χ4n) is 1.16. The summed E-state index contributed by atoms with van der Waals surface area (Å²) >= 11 is 4.83. The molecule has 84 valence electrons. The van der Waals surface area contributed by atoms with Crippen molar-refractivity contribution in [1.82, 2.24) is 5.32 Å². The number of hydrogen-bond donors (Lipinski definition) is 1. The van der Waals surface area contributed by atoms with E-state index in [9.17, 15) is 4.79 Å². The normalized spacial score (nSPS) is 12.5. The van der Waals surface area contributed by atoms with Gasteiger partial charge in [0.1, 0.15) is 0 Å². The van der Waals surface area contributed by atoms with Crippen LogP contribution in [0.3, 0.4) is 0 Å². The van der Waals surface area contributed by atoms with Crippen LogP contribution in [0.1, 0.15) is 23.7 Å². The van der Waals surface area contributed by atoms with Gasteiger partial charge in [0.25, 0.3) is 5.91 Å². The summed E-state index contributed by atoms with van der Waals surface area (Å²) < 4.78 is 5.98. The molecule has 1 N–H and O–H groups in total. The van der Waals surface area contributed by atoms with Gasteiger partial charge in [-0.15, -0.1) is 11.3 Å². The van der Waals surface area contributed by atoms with Gasteiger partial charge in [0.15, 0.2) is 0 Å². The number of ether oxygens (including phenoxy) is 1. The fourth-order valence-corrected chi connectivity index (χ4v) is 2.30. The highest BCUT2D eigenvalue weighted by Gasteiger charge is 2.12. The van der Waals surface area contributed by atoms with E-state index < -0.39 is 0 Å². The van der Waals surface area contributed by atoms with Crippen molar-refractivity contribution >= 4 is 33.2 Å². The third-order valence-electron chi connectivity index (χ3n) is 2.03. The first-order valence-electron chi connectivity index (χ1n) is 4.71. The van der Waals surface area contributed by atoms with Gasteiger partial charge in [0.05, 0.1) is 22.0 Å². The first-order chi connectivity index (χ1) is 7.17. The zero-order chi connectivity index (χ0) is 11.3. The highest BCUT2D eigenvalue weighted by Crippen LogP contribution is 2.20. The smallest absolute Gasteiger partial charge is 0.252 e. The lowest BCUT2D eigenvalue weighted by molar-refractivity contribution is 0.0895. The van der Waals surface area contributed by atoms with Crippen LogP contribution < -0.4 is 5.32 Å². The number of halogens is 1. The van der Waals surface area contributed by atoms with Gasteiger partial charge >= 0.3 is 0 Å². The Labute approximate surface area is 102 Å². The molecule has 1 aromatic rings. The molecule has 3 nitrogen and oxygen atoms in total. The summed E-state index contributed by atoms with van der Waals surface area (Å²) in [6.45, 7) is 2.57. The minimum Gasteiger partial charge on any atom is -0.383 e. The number of methoxy groups -OCH3 is 1. The van der Waals surface area contributed by atoms with E-state index in [1.54, 1.807) is 7.11 Å². The maximum absolute atomic E-state index is 11.7. The molecule has 1 amide bonds. The van der Waals surface area contributed by atoms with Gasteiger partial charge in [-0.05, 0) is 28.4 Å². The van der Waals surface area contributed by atoms with Crippen LogP contribution in [0.25, 0.3) is 0 Å². The van der Waals surface area contributed by atoms with Crippen LogP contribution in [-0.4, -0.2) is 25.7 Å². The van der Waals surface area contributed by atoms with Crippen LogP contribution in [0.4, 0.5) is 0 Å². The zero-order valence-electron chi connectivity index (χ0n) is 8.75. The predicted molar refractivity (Wildman–Crippen MR) is 65.4 cm³/mol. The predicted octanol–water partition coefficient (Wildman–Crippen LogP) is 2.67. The van der Waals surface area contributed by atoms with Gasteiger partial charge in [-0.2, -0.15) is 0 Å². The minimum atomic E-state index is -0.0409. The maximum Gasteiger partial charge on any atom is 0.252 e. The number of nitrogens with one attached hydrogen (secondary N) is 1. The molecular formula is C10H14BrNO2S. The van der Waals surface area contributed by atoms with Crippen molar-refractivity contribution in [3.05, 3.63) is 20.8 Å². The lowest BCUT2D eigenvalue weighted by atomic mass is 10.2. The van der Waals surface area contributed by atoms with E-state index in [4.69, 9.17) is 4.74 Å². The minimum absolute atomic E-state index is 0.0409. The zero-order valence-corrected chi connectivity index (χ0v) is 11.2. The Hall–Kier alpha value is -0.390. The molecule has 0 aromatic carbocycles. The molecular weight excluding hydrogens is 278 g/mol. The van der Waals surface area contributed by atoms with E-state index in [0.29, 0.717) is 12.2 Å². The number of carbonyl (C=O) groups is 1. The first-order valence-corrected chi connectivity index (χ1v) is 6.38. The molecule has 0 bridgehead atoms. The van der Waals surface area contributed by atoms with Crippen molar-refractivity contribution in [2.75, 3.05) is 13.7 Å². The molecule has 1 unspecified atom stereocenters. The fraction of sp³-hybridized carbons (Fsp3) is 0.500. The van der Waals surface area contributed by atoms with E-state index in [1.165, 1.54) is 11.3 Å². The van der Waals surface area contributed by atoms with Gasteiger partial charge in [-0.1, -0.05) is 6.92 Å². The standard InChI is InChI=1S/C10H14BrNO2S/c1-3-8(5-14-2)12-10(13)7-4-9(11)15-6-7/h4,6,8H,3,5H2,1-2H3,(H,12,13). The highest BCUT2D eigenvalue weighted by atomic mass is 79.9. The average molecular weight is 292 g/mol. The third-order valence-corrected chi connectivity index (χ3v) is 3.53. The first kappa shape index (κ1) is 12.7.